The number of anilines is 1. The van der Waals surface area contributed by atoms with Gasteiger partial charge in [0.25, 0.3) is 5.91 Å². The number of hydrogen-bond donors (Lipinski definition) is 2. The Morgan fingerprint density at radius 1 is 1.13 bits per heavy atom. The van der Waals surface area contributed by atoms with Crippen molar-refractivity contribution < 1.29 is 27.5 Å². The number of rotatable bonds is 6. The van der Waals surface area contributed by atoms with Gasteiger partial charge in [-0.2, -0.15) is 13.2 Å². The Labute approximate surface area is 172 Å². The molecule has 0 saturated heterocycles. The highest BCUT2D eigenvalue weighted by atomic mass is 19.4. The number of nitrogens with one attached hydrogen (secondary N) is 2. The minimum atomic E-state index is -4.46. The Hall–Kier alpha value is -3.17. The molecule has 0 aliphatic heterocycles. The highest BCUT2D eigenvalue weighted by Gasteiger charge is 2.28. The van der Waals surface area contributed by atoms with E-state index in [0.717, 1.165) is 6.20 Å². The molecule has 2 N–H and O–H groups in total. The van der Waals surface area contributed by atoms with E-state index in [9.17, 15) is 22.8 Å². The second-order valence-corrected chi connectivity index (χ2v) is 7.66. The molecule has 0 aromatic carbocycles. The fourth-order valence-corrected chi connectivity index (χ4v) is 2.21. The molecule has 2 aromatic heterocycles. The van der Waals surface area contributed by atoms with Gasteiger partial charge in [-0.15, -0.1) is 0 Å². The maximum Gasteiger partial charge on any atom is 0.422 e. The lowest BCUT2D eigenvalue weighted by molar-refractivity contribution is -0.153. The van der Waals surface area contributed by atoms with Gasteiger partial charge in [0.05, 0.1) is 12.2 Å². The summed E-state index contributed by atoms with van der Waals surface area (Å²) in [6, 6.07) is 5.42. The van der Waals surface area contributed by atoms with E-state index < -0.39 is 30.1 Å². The maximum absolute atomic E-state index is 12.4. The van der Waals surface area contributed by atoms with Crippen molar-refractivity contribution in [2.75, 3.05) is 11.9 Å². The highest BCUT2D eigenvalue weighted by Crippen LogP contribution is 2.20. The Kier molecular flexibility index (Phi) is 7.01. The van der Waals surface area contributed by atoms with Crippen LogP contribution in [0.3, 0.4) is 0 Å². The molecule has 0 spiro atoms. The fourth-order valence-electron chi connectivity index (χ4n) is 2.21. The highest BCUT2D eigenvalue weighted by molar-refractivity contribution is 5.94. The van der Waals surface area contributed by atoms with Crippen LogP contribution in [0.4, 0.5) is 19.0 Å². The lowest BCUT2D eigenvalue weighted by Crippen LogP contribution is -2.29. The van der Waals surface area contributed by atoms with Crippen molar-refractivity contribution in [1.29, 1.82) is 0 Å². The number of amides is 2. The van der Waals surface area contributed by atoms with Gasteiger partial charge >= 0.3 is 6.18 Å². The normalized spacial score (nSPS) is 12.8. The van der Waals surface area contributed by atoms with Crippen LogP contribution in [0, 0.1) is 5.41 Å². The van der Waals surface area contributed by atoms with Gasteiger partial charge < -0.3 is 15.4 Å². The SMILES string of the molecule is CC(NC(=O)c1ccc(OCC(F)(F)F)cn1)c1ccnc(NC(=O)C(C)(C)C)c1. The van der Waals surface area contributed by atoms with Gasteiger partial charge in [0.15, 0.2) is 6.61 Å². The molecule has 30 heavy (non-hydrogen) atoms. The van der Waals surface area contributed by atoms with Crippen LogP contribution in [-0.4, -0.2) is 34.6 Å². The zero-order chi connectivity index (χ0) is 22.5. The monoisotopic (exact) mass is 424 g/mol. The summed E-state index contributed by atoms with van der Waals surface area (Å²) in [4.78, 5) is 32.4. The zero-order valence-corrected chi connectivity index (χ0v) is 17.0. The molecule has 1 unspecified atom stereocenters. The van der Waals surface area contributed by atoms with Crippen molar-refractivity contribution >= 4 is 17.6 Å². The lowest BCUT2D eigenvalue weighted by Gasteiger charge is -2.18. The quantitative estimate of drug-likeness (QED) is 0.734. The van der Waals surface area contributed by atoms with E-state index in [1.54, 1.807) is 39.8 Å². The summed E-state index contributed by atoms with van der Waals surface area (Å²) in [6.07, 6.45) is -1.89. The summed E-state index contributed by atoms with van der Waals surface area (Å²) in [5.41, 5.74) is 0.142. The Morgan fingerprint density at radius 2 is 1.83 bits per heavy atom. The molecule has 0 aliphatic carbocycles. The lowest BCUT2D eigenvalue weighted by atomic mass is 9.96. The van der Waals surface area contributed by atoms with E-state index >= 15 is 0 Å². The van der Waals surface area contributed by atoms with Crippen LogP contribution in [0.15, 0.2) is 36.7 Å². The molecule has 10 heteroatoms. The van der Waals surface area contributed by atoms with Crippen LogP contribution < -0.4 is 15.4 Å². The molecule has 2 aromatic rings. The third-order valence-corrected chi connectivity index (χ3v) is 3.93. The molecule has 2 heterocycles. The molecule has 162 valence electrons. The first-order valence-corrected chi connectivity index (χ1v) is 9.09. The number of pyridine rings is 2. The number of hydrogen-bond acceptors (Lipinski definition) is 5. The van der Waals surface area contributed by atoms with Crippen LogP contribution >= 0.6 is 0 Å². The fraction of sp³-hybridized carbons (Fsp3) is 0.400. The summed E-state index contributed by atoms with van der Waals surface area (Å²) in [5, 5.41) is 5.46. The average molecular weight is 424 g/mol. The summed E-state index contributed by atoms with van der Waals surface area (Å²) in [5.74, 6) is -0.439. The Balaban J connectivity index is 2.00. The molecule has 1 atom stereocenters. The summed E-state index contributed by atoms with van der Waals surface area (Å²) in [7, 11) is 0. The number of ether oxygens (including phenoxy) is 1. The van der Waals surface area contributed by atoms with Crippen LogP contribution in [0.5, 0.6) is 5.75 Å². The van der Waals surface area contributed by atoms with Gasteiger partial charge in [-0.1, -0.05) is 20.8 Å². The second-order valence-electron chi connectivity index (χ2n) is 7.66. The van der Waals surface area contributed by atoms with Gasteiger partial charge in [-0.25, -0.2) is 9.97 Å². The third kappa shape index (κ3) is 7.02. The first-order valence-electron chi connectivity index (χ1n) is 9.09. The van der Waals surface area contributed by atoms with Gasteiger partial charge in [0.2, 0.25) is 5.91 Å². The molecule has 2 amide bonds. The van der Waals surface area contributed by atoms with Crippen LogP contribution in [0.1, 0.15) is 49.8 Å². The standard InChI is InChI=1S/C20H23F3N4O3/c1-12(13-7-8-24-16(9-13)27-18(29)19(2,3)4)26-17(28)15-6-5-14(10-25-15)30-11-20(21,22)23/h5-10,12H,11H2,1-4H3,(H,26,28)(H,24,27,29). The number of alkyl halides is 3. The zero-order valence-electron chi connectivity index (χ0n) is 17.0. The van der Waals surface area contributed by atoms with E-state index in [1.807, 2.05) is 0 Å². The van der Waals surface area contributed by atoms with E-state index in [2.05, 4.69) is 25.3 Å². The summed E-state index contributed by atoms with van der Waals surface area (Å²) >= 11 is 0. The molecular formula is C20H23F3N4O3. The summed E-state index contributed by atoms with van der Waals surface area (Å²) < 4.78 is 41.1. The largest absolute Gasteiger partial charge is 0.483 e. The summed E-state index contributed by atoms with van der Waals surface area (Å²) in [6.45, 7) is 5.64. The smallest absolute Gasteiger partial charge is 0.422 e. The van der Waals surface area contributed by atoms with E-state index in [4.69, 9.17) is 0 Å². The van der Waals surface area contributed by atoms with Crippen molar-refractivity contribution in [2.45, 2.75) is 39.9 Å². The van der Waals surface area contributed by atoms with Crippen molar-refractivity contribution in [1.82, 2.24) is 15.3 Å². The number of aromatic nitrogens is 2. The topological polar surface area (TPSA) is 93.2 Å². The van der Waals surface area contributed by atoms with Crippen molar-refractivity contribution in [3.05, 3.63) is 47.9 Å². The van der Waals surface area contributed by atoms with Gasteiger partial charge in [-0.05, 0) is 36.8 Å². The second kappa shape index (κ2) is 9.10. The van der Waals surface area contributed by atoms with E-state index in [-0.39, 0.29) is 17.4 Å². The minimum absolute atomic E-state index is 0.0246. The Bertz CT molecular complexity index is 893. The van der Waals surface area contributed by atoms with Gasteiger partial charge in [-0.3, -0.25) is 9.59 Å². The molecule has 0 bridgehead atoms. The van der Waals surface area contributed by atoms with Crippen molar-refractivity contribution in [2.24, 2.45) is 5.41 Å². The first-order chi connectivity index (χ1) is 13.8. The predicted molar refractivity (Wildman–Crippen MR) is 104 cm³/mol. The maximum atomic E-state index is 12.4. The third-order valence-electron chi connectivity index (χ3n) is 3.93. The average Bonchev–Trinajstić information content (AvgIpc) is 2.65. The predicted octanol–water partition coefficient (Wildman–Crippen LogP) is 3.89. The van der Waals surface area contributed by atoms with Gasteiger partial charge in [0, 0.05) is 11.6 Å². The molecule has 0 fully saturated rings. The number of halogens is 3. The first kappa shape index (κ1) is 23.1. The van der Waals surface area contributed by atoms with Crippen LogP contribution in [-0.2, 0) is 4.79 Å². The molecular weight excluding hydrogens is 401 g/mol. The van der Waals surface area contributed by atoms with Gasteiger partial charge in [0.1, 0.15) is 17.3 Å². The minimum Gasteiger partial charge on any atom is -0.483 e. The van der Waals surface area contributed by atoms with Crippen molar-refractivity contribution in [3.63, 3.8) is 0 Å². The van der Waals surface area contributed by atoms with Crippen LogP contribution in [0.2, 0.25) is 0 Å². The molecule has 0 saturated carbocycles. The molecule has 0 radical (unpaired) electrons. The molecule has 0 aliphatic rings. The molecule has 7 nitrogen and oxygen atoms in total. The number of nitrogens with zero attached hydrogens (tertiary/aromatic N) is 2. The van der Waals surface area contributed by atoms with E-state index in [0.29, 0.717) is 11.4 Å². The van der Waals surface area contributed by atoms with E-state index in [1.165, 1.54) is 18.3 Å². The number of carbonyl (C=O) groups is 2. The molecule has 2 rings (SSSR count). The van der Waals surface area contributed by atoms with Crippen molar-refractivity contribution in [3.8, 4) is 5.75 Å². The Morgan fingerprint density at radius 3 is 2.40 bits per heavy atom. The van der Waals surface area contributed by atoms with Crippen LogP contribution in [0.25, 0.3) is 0 Å². The number of carbonyl (C=O) groups excluding carboxylic acids is 2.